The maximum atomic E-state index is 4.00. The Bertz CT molecular complexity index is 410. The minimum atomic E-state index is 0.105. The molecule has 1 aromatic carbocycles. The van der Waals surface area contributed by atoms with Crippen LogP contribution in [0.4, 0.5) is 0 Å². The van der Waals surface area contributed by atoms with Crippen molar-refractivity contribution in [3.63, 3.8) is 0 Å². The summed E-state index contributed by atoms with van der Waals surface area (Å²) in [4.78, 5) is 4.00. The number of hydrogen-bond donors (Lipinski definition) is 0. The van der Waals surface area contributed by atoms with Crippen molar-refractivity contribution in [2.24, 2.45) is 10.4 Å². The molecule has 0 radical (unpaired) electrons. The third-order valence-corrected chi connectivity index (χ3v) is 4.06. The van der Waals surface area contributed by atoms with Crippen LogP contribution in [-0.2, 0) is 5.41 Å². The maximum Gasteiger partial charge on any atom is 0.0273 e. The lowest BCUT2D eigenvalue weighted by Crippen LogP contribution is -2.34. The quantitative estimate of drug-likeness (QED) is 0.528. The van der Waals surface area contributed by atoms with Crippen molar-refractivity contribution < 1.29 is 0 Å². The molecule has 0 aliphatic heterocycles. The van der Waals surface area contributed by atoms with Gasteiger partial charge in [0.1, 0.15) is 0 Å². The zero-order chi connectivity index (χ0) is 13.6. The van der Waals surface area contributed by atoms with Gasteiger partial charge in [0.15, 0.2) is 0 Å². The summed E-state index contributed by atoms with van der Waals surface area (Å²) < 4.78 is 0. The highest BCUT2D eigenvalue weighted by Gasteiger charge is 2.35. The number of hydrogen-bond acceptors (Lipinski definition) is 1. The minimum absolute atomic E-state index is 0.105. The first-order valence-electron chi connectivity index (χ1n) is 6.55. The number of benzene rings is 1. The molecule has 0 saturated carbocycles. The first kappa shape index (κ1) is 14.7. The fourth-order valence-corrected chi connectivity index (χ4v) is 1.96. The Balaban J connectivity index is 2.92. The molecule has 0 atom stereocenters. The maximum absolute atomic E-state index is 4.00. The van der Waals surface area contributed by atoms with Crippen LogP contribution in [0, 0.1) is 5.41 Å². The number of rotatable bonds is 5. The molecule has 0 aliphatic rings. The topological polar surface area (TPSA) is 12.4 Å². The van der Waals surface area contributed by atoms with Gasteiger partial charge in [0.05, 0.1) is 0 Å². The molecular weight excluding hydrogens is 218 g/mol. The van der Waals surface area contributed by atoms with Crippen molar-refractivity contribution in [1.29, 1.82) is 0 Å². The normalized spacial score (nSPS) is 13.6. The van der Waals surface area contributed by atoms with E-state index in [1.54, 1.807) is 0 Å². The molecule has 18 heavy (non-hydrogen) atoms. The van der Waals surface area contributed by atoms with Crippen LogP contribution in [0.3, 0.4) is 0 Å². The van der Waals surface area contributed by atoms with Crippen molar-refractivity contribution in [3.05, 3.63) is 48.0 Å². The van der Waals surface area contributed by atoms with Gasteiger partial charge in [-0.25, -0.2) is 0 Å². The van der Waals surface area contributed by atoms with E-state index < -0.39 is 0 Å². The van der Waals surface area contributed by atoms with Crippen LogP contribution < -0.4 is 0 Å². The summed E-state index contributed by atoms with van der Waals surface area (Å²) in [7, 11) is 1.81. The lowest BCUT2D eigenvalue weighted by molar-refractivity contribution is 0.267. The van der Waals surface area contributed by atoms with Gasteiger partial charge in [0.2, 0.25) is 0 Å². The van der Waals surface area contributed by atoms with E-state index in [0.717, 1.165) is 6.42 Å². The minimum Gasteiger partial charge on any atom is -0.301 e. The highest BCUT2D eigenvalue weighted by molar-refractivity contribution is 5.59. The molecule has 0 saturated heterocycles. The SMILES string of the molecule is CN=CC/C=C\C(C)(C)C(C)(C)c1ccccc1. The van der Waals surface area contributed by atoms with E-state index >= 15 is 0 Å². The van der Waals surface area contributed by atoms with E-state index in [1.807, 2.05) is 13.3 Å². The molecule has 0 fully saturated rings. The summed E-state index contributed by atoms with van der Waals surface area (Å²) in [5.41, 5.74) is 1.59. The molecule has 1 nitrogen and oxygen atoms in total. The zero-order valence-corrected chi connectivity index (χ0v) is 12.3. The standard InChI is InChI=1S/C17H25N/c1-16(2,13-9-10-14-18-5)17(3,4)15-11-7-6-8-12-15/h6-9,11-14H,10H2,1-5H3/b13-9-,18-14?. The van der Waals surface area contributed by atoms with Crippen LogP contribution in [0.25, 0.3) is 0 Å². The van der Waals surface area contributed by atoms with Gasteiger partial charge in [-0.15, -0.1) is 0 Å². The van der Waals surface area contributed by atoms with Crippen LogP contribution in [0.1, 0.15) is 39.7 Å². The van der Waals surface area contributed by atoms with Crippen LogP contribution >= 0.6 is 0 Å². The van der Waals surface area contributed by atoms with Gasteiger partial charge in [-0.3, -0.25) is 0 Å². The molecule has 0 unspecified atom stereocenters. The van der Waals surface area contributed by atoms with Crippen molar-refractivity contribution in [2.45, 2.75) is 39.5 Å². The molecule has 0 spiro atoms. The van der Waals surface area contributed by atoms with Gasteiger partial charge in [0, 0.05) is 19.7 Å². The Kier molecular flexibility index (Phi) is 4.89. The van der Waals surface area contributed by atoms with Crippen LogP contribution in [0.15, 0.2) is 47.5 Å². The first-order valence-corrected chi connectivity index (χ1v) is 6.55. The Labute approximate surface area is 112 Å². The third-order valence-electron chi connectivity index (χ3n) is 4.06. The number of allylic oxidation sites excluding steroid dienone is 2. The van der Waals surface area contributed by atoms with Crippen molar-refractivity contribution in [1.82, 2.24) is 0 Å². The molecule has 0 aliphatic carbocycles. The van der Waals surface area contributed by atoms with E-state index in [4.69, 9.17) is 0 Å². The molecule has 0 heterocycles. The zero-order valence-electron chi connectivity index (χ0n) is 12.3. The van der Waals surface area contributed by atoms with Crippen molar-refractivity contribution in [3.8, 4) is 0 Å². The van der Waals surface area contributed by atoms with E-state index in [1.165, 1.54) is 5.56 Å². The number of nitrogens with zero attached hydrogens (tertiary/aromatic N) is 1. The second-order valence-electron chi connectivity index (χ2n) is 5.79. The fourth-order valence-electron chi connectivity index (χ4n) is 1.96. The summed E-state index contributed by atoms with van der Waals surface area (Å²) in [5, 5.41) is 0. The van der Waals surface area contributed by atoms with Gasteiger partial charge in [0.25, 0.3) is 0 Å². The molecule has 1 heteroatoms. The largest absolute Gasteiger partial charge is 0.301 e. The van der Waals surface area contributed by atoms with Gasteiger partial charge in [-0.2, -0.15) is 0 Å². The lowest BCUT2D eigenvalue weighted by Gasteiger charge is -2.40. The predicted octanol–water partition coefficient (Wildman–Crippen LogP) is 4.64. The Morgan fingerprint density at radius 1 is 1.06 bits per heavy atom. The van der Waals surface area contributed by atoms with Crippen LogP contribution in [-0.4, -0.2) is 13.3 Å². The summed E-state index contributed by atoms with van der Waals surface area (Å²) in [6.45, 7) is 9.19. The molecule has 98 valence electrons. The third kappa shape index (κ3) is 3.32. The average molecular weight is 243 g/mol. The van der Waals surface area contributed by atoms with Gasteiger partial charge >= 0.3 is 0 Å². The molecule has 1 aromatic rings. The molecule has 0 N–H and O–H groups in total. The lowest BCUT2D eigenvalue weighted by atomic mass is 9.64. The van der Waals surface area contributed by atoms with E-state index in [9.17, 15) is 0 Å². The molecular formula is C17H25N. The summed E-state index contributed by atoms with van der Waals surface area (Å²) in [6, 6.07) is 10.7. The molecule has 0 aromatic heterocycles. The first-order chi connectivity index (χ1) is 8.42. The highest BCUT2D eigenvalue weighted by atomic mass is 14.6. The van der Waals surface area contributed by atoms with Crippen molar-refractivity contribution in [2.75, 3.05) is 7.05 Å². The molecule has 0 amide bonds. The summed E-state index contributed by atoms with van der Waals surface area (Å²) >= 11 is 0. The van der Waals surface area contributed by atoms with Crippen LogP contribution in [0.5, 0.6) is 0 Å². The van der Waals surface area contributed by atoms with Crippen molar-refractivity contribution >= 4 is 6.21 Å². The summed E-state index contributed by atoms with van der Waals surface area (Å²) in [5.74, 6) is 0. The van der Waals surface area contributed by atoms with E-state index in [2.05, 4.69) is 75.2 Å². The monoisotopic (exact) mass is 243 g/mol. The fraction of sp³-hybridized carbons (Fsp3) is 0.471. The van der Waals surface area contributed by atoms with Gasteiger partial charge in [-0.05, 0) is 16.4 Å². The average Bonchev–Trinajstić information content (AvgIpc) is 2.35. The van der Waals surface area contributed by atoms with Gasteiger partial charge < -0.3 is 4.99 Å². The van der Waals surface area contributed by atoms with Crippen LogP contribution in [0.2, 0.25) is 0 Å². The van der Waals surface area contributed by atoms with E-state index in [-0.39, 0.29) is 10.8 Å². The molecule has 1 rings (SSSR count). The Morgan fingerprint density at radius 3 is 2.22 bits per heavy atom. The predicted molar refractivity (Wildman–Crippen MR) is 81.4 cm³/mol. The second-order valence-corrected chi connectivity index (χ2v) is 5.79. The summed E-state index contributed by atoms with van der Waals surface area (Å²) in [6.07, 6.45) is 7.35. The molecule has 0 bridgehead atoms. The smallest absolute Gasteiger partial charge is 0.0273 e. The second kappa shape index (κ2) is 5.99. The Morgan fingerprint density at radius 2 is 1.67 bits per heavy atom. The van der Waals surface area contributed by atoms with E-state index in [0.29, 0.717) is 0 Å². The number of aliphatic imine (C=N–C) groups is 1. The highest BCUT2D eigenvalue weighted by Crippen LogP contribution is 2.42. The Hall–Kier alpha value is -1.37. The van der Waals surface area contributed by atoms with Gasteiger partial charge in [-0.1, -0.05) is 70.2 Å².